The molecular weight excluding hydrogens is 376 g/mol. The molecule has 3 aromatic carbocycles. The molecule has 0 aliphatic carbocycles. The highest BCUT2D eigenvalue weighted by atomic mass is 16.5. The minimum Gasteiger partial charge on any atom is -0.497 e. The highest BCUT2D eigenvalue weighted by molar-refractivity contribution is 6.07. The third kappa shape index (κ3) is 5.82. The fourth-order valence-electron chi connectivity index (χ4n) is 2.83. The van der Waals surface area contributed by atoms with Crippen LogP contribution >= 0.6 is 0 Å². The maximum atomic E-state index is 12.6. The van der Waals surface area contributed by atoms with E-state index in [1.54, 1.807) is 37.5 Å². The first kappa shape index (κ1) is 20.9. The summed E-state index contributed by atoms with van der Waals surface area (Å²) in [5, 5.41) is 5.68. The van der Waals surface area contributed by atoms with Gasteiger partial charge in [0.2, 0.25) is 5.91 Å². The number of amides is 2. The molecule has 0 aliphatic rings. The molecule has 5 heteroatoms. The number of hydrogen-bond donors (Lipinski definition) is 2. The Morgan fingerprint density at radius 2 is 1.63 bits per heavy atom. The first-order chi connectivity index (χ1) is 14.5. The Balaban J connectivity index is 1.63. The number of ether oxygens (including phenoxy) is 1. The molecule has 3 rings (SSSR count). The Morgan fingerprint density at radius 3 is 2.33 bits per heavy atom. The molecule has 0 fully saturated rings. The topological polar surface area (TPSA) is 67.4 Å². The molecule has 0 atom stereocenters. The lowest BCUT2D eigenvalue weighted by atomic mass is 10.1. The van der Waals surface area contributed by atoms with Crippen molar-refractivity contribution in [1.82, 2.24) is 5.32 Å². The van der Waals surface area contributed by atoms with Gasteiger partial charge in [0.15, 0.2) is 0 Å². The largest absolute Gasteiger partial charge is 0.497 e. The molecule has 2 amide bonds. The molecule has 0 bridgehead atoms. The summed E-state index contributed by atoms with van der Waals surface area (Å²) in [7, 11) is 1.60. The minimum absolute atomic E-state index is 0.245. The maximum Gasteiger partial charge on any atom is 0.253 e. The molecule has 152 valence electrons. The summed E-state index contributed by atoms with van der Waals surface area (Å²) in [4.78, 5) is 25.0. The maximum absolute atomic E-state index is 12.6. The van der Waals surface area contributed by atoms with Gasteiger partial charge in [0.1, 0.15) is 5.75 Å². The van der Waals surface area contributed by atoms with Gasteiger partial charge in [-0.25, -0.2) is 0 Å². The summed E-state index contributed by atoms with van der Waals surface area (Å²) in [6, 6.07) is 22.3. The number of benzene rings is 3. The second-order valence-corrected chi connectivity index (χ2v) is 6.81. The van der Waals surface area contributed by atoms with Crippen LogP contribution in [0.1, 0.15) is 27.0 Å². The quantitative estimate of drug-likeness (QED) is 0.570. The summed E-state index contributed by atoms with van der Waals surface area (Å²) in [6.07, 6.45) is 3.14. The Morgan fingerprint density at radius 1 is 0.933 bits per heavy atom. The average Bonchev–Trinajstić information content (AvgIpc) is 2.78. The van der Waals surface area contributed by atoms with E-state index in [1.165, 1.54) is 11.6 Å². The van der Waals surface area contributed by atoms with E-state index in [9.17, 15) is 9.59 Å². The fourth-order valence-corrected chi connectivity index (χ4v) is 2.83. The molecule has 0 aliphatic heterocycles. The van der Waals surface area contributed by atoms with E-state index in [-0.39, 0.29) is 11.8 Å². The van der Waals surface area contributed by atoms with Crippen LogP contribution in [0.5, 0.6) is 5.75 Å². The van der Waals surface area contributed by atoms with Crippen molar-refractivity contribution in [2.24, 2.45) is 0 Å². The highest BCUT2D eigenvalue weighted by Gasteiger charge is 2.12. The van der Waals surface area contributed by atoms with Crippen LogP contribution in [-0.2, 0) is 11.3 Å². The van der Waals surface area contributed by atoms with Crippen molar-refractivity contribution in [1.29, 1.82) is 0 Å². The van der Waals surface area contributed by atoms with E-state index in [4.69, 9.17) is 4.74 Å². The van der Waals surface area contributed by atoms with Gasteiger partial charge in [0, 0.05) is 12.6 Å². The molecule has 0 saturated heterocycles. The van der Waals surface area contributed by atoms with E-state index in [0.717, 1.165) is 16.9 Å². The van der Waals surface area contributed by atoms with Crippen molar-refractivity contribution in [3.8, 4) is 5.75 Å². The number of methoxy groups -OCH3 is 1. The number of hydrogen-bond acceptors (Lipinski definition) is 3. The zero-order valence-electron chi connectivity index (χ0n) is 17.0. The van der Waals surface area contributed by atoms with Crippen molar-refractivity contribution in [2.45, 2.75) is 13.5 Å². The molecule has 2 N–H and O–H groups in total. The molecule has 0 saturated carbocycles. The van der Waals surface area contributed by atoms with E-state index >= 15 is 0 Å². The summed E-state index contributed by atoms with van der Waals surface area (Å²) >= 11 is 0. The monoisotopic (exact) mass is 400 g/mol. The van der Waals surface area contributed by atoms with E-state index < -0.39 is 0 Å². The molecule has 0 radical (unpaired) electrons. The van der Waals surface area contributed by atoms with E-state index in [0.29, 0.717) is 17.8 Å². The molecule has 3 aromatic rings. The lowest BCUT2D eigenvalue weighted by Crippen LogP contribution is -2.24. The lowest BCUT2D eigenvalue weighted by molar-refractivity contribution is -0.111. The molecular formula is C25H24N2O3. The van der Waals surface area contributed by atoms with Crippen LogP contribution < -0.4 is 15.4 Å². The van der Waals surface area contributed by atoms with Gasteiger partial charge in [-0.3, -0.25) is 9.59 Å². The summed E-state index contributed by atoms with van der Waals surface area (Å²) in [5.74, 6) is 0.192. The van der Waals surface area contributed by atoms with E-state index in [2.05, 4.69) is 10.6 Å². The summed E-state index contributed by atoms with van der Waals surface area (Å²) in [6.45, 7) is 2.43. The molecule has 0 aromatic heterocycles. The van der Waals surface area contributed by atoms with Crippen LogP contribution in [0.3, 0.4) is 0 Å². The Kier molecular flexibility index (Phi) is 7.00. The minimum atomic E-state index is -0.315. The number of rotatable bonds is 7. The van der Waals surface area contributed by atoms with Gasteiger partial charge in [-0.05, 0) is 48.4 Å². The van der Waals surface area contributed by atoms with Crippen LogP contribution in [0.2, 0.25) is 0 Å². The third-order valence-corrected chi connectivity index (χ3v) is 4.55. The zero-order chi connectivity index (χ0) is 21.3. The van der Waals surface area contributed by atoms with Gasteiger partial charge in [-0.2, -0.15) is 0 Å². The average molecular weight is 400 g/mol. The zero-order valence-corrected chi connectivity index (χ0v) is 17.0. The summed E-state index contributed by atoms with van der Waals surface area (Å²) in [5.41, 5.74) is 3.92. The molecule has 0 heterocycles. The van der Waals surface area contributed by atoms with Crippen molar-refractivity contribution in [3.05, 3.63) is 101 Å². The Labute approximate surface area is 176 Å². The molecule has 0 spiro atoms. The summed E-state index contributed by atoms with van der Waals surface area (Å²) < 4.78 is 5.12. The smallest absolute Gasteiger partial charge is 0.253 e. The van der Waals surface area contributed by atoms with Gasteiger partial charge in [-0.1, -0.05) is 54.1 Å². The molecule has 5 nitrogen and oxygen atoms in total. The second kappa shape index (κ2) is 10.1. The number of anilines is 1. The van der Waals surface area contributed by atoms with Gasteiger partial charge >= 0.3 is 0 Å². The fraction of sp³-hybridized carbons (Fsp3) is 0.120. The molecule has 0 unspecified atom stereocenters. The van der Waals surface area contributed by atoms with Crippen LogP contribution in [0.15, 0.2) is 78.9 Å². The van der Waals surface area contributed by atoms with Crippen molar-refractivity contribution >= 4 is 23.6 Å². The number of para-hydroxylation sites is 1. The lowest BCUT2D eigenvalue weighted by Gasteiger charge is -2.11. The standard InChI is InChI=1S/C25H24N2O3/c1-18-7-9-20(10-8-18)17-26-25(29)22-5-3-4-6-23(22)27-24(28)16-13-19-11-14-21(30-2)15-12-19/h3-16H,17H2,1-2H3,(H,26,29)(H,27,28)/b16-13+. The Hall–Kier alpha value is -3.86. The van der Waals surface area contributed by atoms with Crippen molar-refractivity contribution in [3.63, 3.8) is 0 Å². The van der Waals surface area contributed by atoms with Crippen LogP contribution in [-0.4, -0.2) is 18.9 Å². The third-order valence-electron chi connectivity index (χ3n) is 4.55. The van der Waals surface area contributed by atoms with Crippen LogP contribution in [0, 0.1) is 6.92 Å². The van der Waals surface area contributed by atoms with Gasteiger partial charge in [-0.15, -0.1) is 0 Å². The van der Waals surface area contributed by atoms with Crippen LogP contribution in [0.25, 0.3) is 6.08 Å². The van der Waals surface area contributed by atoms with Crippen molar-refractivity contribution in [2.75, 3.05) is 12.4 Å². The predicted molar refractivity (Wildman–Crippen MR) is 119 cm³/mol. The van der Waals surface area contributed by atoms with Gasteiger partial charge in [0.25, 0.3) is 5.91 Å². The van der Waals surface area contributed by atoms with Gasteiger partial charge in [0.05, 0.1) is 18.4 Å². The number of nitrogens with one attached hydrogen (secondary N) is 2. The Bertz CT molecular complexity index is 1040. The SMILES string of the molecule is COc1ccc(/C=C/C(=O)Nc2ccccc2C(=O)NCc2ccc(C)cc2)cc1. The predicted octanol–water partition coefficient (Wildman–Crippen LogP) is 4.59. The second-order valence-electron chi connectivity index (χ2n) is 6.81. The number of carbonyl (C=O) groups is 2. The van der Waals surface area contributed by atoms with Crippen LogP contribution in [0.4, 0.5) is 5.69 Å². The first-order valence-electron chi connectivity index (χ1n) is 9.61. The van der Waals surface area contributed by atoms with E-state index in [1.807, 2.05) is 55.5 Å². The first-order valence-corrected chi connectivity index (χ1v) is 9.61. The normalized spacial score (nSPS) is 10.6. The number of aryl methyl sites for hydroxylation is 1. The molecule has 30 heavy (non-hydrogen) atoms. The number of carbonyl (C=O) groups excluding carboxylic acids is 2. The van der Waals surface area contributed by atoms with Gasteiger partial charge < -0.3 is 15.4 Å². The highest BCUT2D eigenvalue weighted by Crippen LogP contribution is 2.16. The van der Waals surface area contributed by atoms with Crippen molar-refractivity contribution < 1.29 is 14.3 Å².